The zero-order valence-electron chi connectivity index (χ0n) is 3.39. The van der Waals surface area contributed by atoms with E-state index in [1.54, 1.807) is 0 Å². The first-order valence-corrected chi connectivity index (χ1v) is 0.707. The van der Waals surface area contributed by atoms with Gasteiger partial charge in [-0.15, -0.1) is 0 Å². The summed E-state index contributed by atoms with van der Waals surface area (Å²) < 4.78 is 0. The Bertz CT molecular complexity index is 19.7. The molecule has 0 saturated carbocycles. The zero-order valence-corrected chi connectivity index (χ0v) is 8.45. The van der Waals surface area contributed by atoms with Gasteiger partial charge in [0.1, 0.15) is 0 Å². The Morgan fingerprint density at radius 3 is 1.00 bits per heavy atom. The average Bonchev–Trinajstić information content (AvgIpc) is 0.811. The molecule has 0 aliphatic carbocycles. The van der Waals surface area contributed by atoms with Crippen molar-refractivity contribution in [2.45, 2.75) is 0 Å². The predicted octanol–water partition coefficient (Wildman–Crippen LogP) is -4.33. The summed E-state index contributed by atoms with van der Waals surface area (Å²) in [4.78, 5) is 0. The van der Waals surface area contributed by atoms with E-state index in [4.69, 9.17) is 15.1 Å². The van der Waals surface area contributed by atoms with Gasteiger partial charge in [0.15, 0.2) is 0 Å². The summed E-state index contributed by atoms with van der Waals surface area (Å²) in [7, 11) is -2.92. The largest absolute Gasteiger partial charge is 3.00 e. The Kier molecular flexibility index (Phi) is 52.4. The molecule has 0 saturated heterocycles. The van der Waals surface area contributed by atoms with Crippen molar-refractivity contribution in [2.24, 2.45) is 0 Å². The molecule has 0 N–H and O–H groups in total. The smallest absolute Gasteiger partial charge is 0.907 e. The maximum absolute atomic E-state index is 8.42. The van der Waals surface area contributed by atoms with E-state index in [1.165, 1.54) is 0 Å². The monoisotopic (exact) mass is 213 g/mol. The van der Waals surface area contributed by atoms with E-state index >= 15 is 0 Å². The van der Waals surface area contributed by atoms with Crippen molar-refractivity contribution < 1.29 is 51.6 Å². The van der Waals surface area contributed by atoms with Gasteiger partial charge >= 0.3 is 53.9 Å². The van der Waals surface area contributed by atoms with Gasteiger partial charge in [-0.3, -0.25) is 7.32 Å². The van der Waals surface area contributed by atoms with E-state index in [2.05, 4.69) is 0 Å². The molecule has 0 amide bonds. The van der Waals surface area contributed by atoms with E-state index in [9.17, 15) is 0 Å². The fourth-order valence-corrected chi connectivity index (χ4v) is 0. The molecule has 1 radical (unpaired) electrons. The second-order valence-corrected chi connectivity index (χ2v) is 0.289. The summed E-state index contributed by atoms with van der Waals surface area (Å²) >= 11 is 0. The first kappa shape index (κ1) is 23.4. The molecule has 0 aliphatic heterocycles. The molecule has 0 unspecified atom stereocenters. The van der Waals surface area contributed by atoms with E-state index < -0.39 is 7.32 Å². The second-order valence-electron chi connectivity index (χ2n) is 0.289. The fourth-order valence-electron chi connectivity index (χ4n) is 0. The van der Waals surface area contributed by atoms with Crippen LogP contribution in [0, 0.1) is 0 Å². The number of hydrogen-bond donors (Lipinski definition) is 0. The summed E-state index contributed by atoms with van der Waals surface area (Å²) in [5.74, 6) is 0. The summed E-state index contributed by atoms with van der Waals surface area (Å²) in [6.07, 6.45) is 0. The van der Waals surface area contributed by atoms with Crippen LogP contribution in [0.5, 0.6) is 0 Å². The van der Waals surface area contributed by atoms with E-state index in [1.807, 2.05) is 0 Å². The number of rotatable bonds is 0. The fraction of sp³-hybridized carbons (Fsp3) is 0. The molecule has 0 spiro atoms. The van der Waals surface area contributed by atoms with Crippen LogP contribution in [0.4, 0.5) is 0 Å². The second kappa shape index (κ2) is 15.6. The van der Waals surface area contributed by atoms with Crippen LogP contribution in [0.15, 0.2) is 0 Å². The third kappa shape index (κ3) is 91.7. The predicted molar refractivity (Wildman–Crippen MR) is 11.5 cm³/mol. The summed E-state index contributed by atoms with van der Waals surface area (Å²) in [5.41, 5.74) is 0. The normalized spacial score (nSPS) is 3.86. The topological polar surface area (TPSA) is 69.2 Å². The Hall–Kier alpha value is 1.62. The third-order valence-electron chi connectivity index (χ3n) is 0. The standard InChI is InChI=1S/Al.BO3.Cu.Zn/c;2-1(3)4;;/q+3;-3;2*+2. The molecular formula is AlBCuO3Zn+4. The van der Waals surface area contributed by atoms with E-state index in [0.29, 0.717) is 0 Å². The maximum atomic E-state index is 8.42. The van der Waals surface area contributed by atoms with Crippen molar-refractivity contribution >= 4 is 24.7 Å². The Morgan fingerprint density at radius 1 is 1.00 bits per heavy atom. The summed E-state index contributed by atoms with van der Waals surface area (Å²) in [5, 5.41) is 25.2. The van der Waals surface area contributed by atoms with Gasteiger partial charge in [0.25, 0.3) is 0 Å². The van der Waals surface area contributed by atoms with Gasteiger partial charge in [0, 0.05) is 0 Å². The van der Waals surface area contributed by atoms with Crippen LogP contribution >= 0.6 is 0 Å². The maximum Gasteiger partial charge on any atom is 3.00 e. The Balaban J connectivity index is -0.0000000150. The van der Waals surface area contributed by atoms with Gasteiger partial charge in [-0.1, -0.05) is 0 Å². The van der Waals surface area contributed by atoms with E-state index in [-0.39, 0.29) is 53.9 Å². The van der Waals surface area contributed by atoms with Gasteiger partial charge in [0.05, 0.1) is 0 Å². The van der Waals surface area contributed by atoms with Crippen LogP contribution in [0.25, 0.3) is 0 Å². The minimum atomic E-state index is -2.92. The van der Waals surface area contributed by atoms with Crippen LogP contribution in [-0.2, 0) is 36.5 Å². The van der Waals surface area contributed by atoms with Gasteiger partial charge in [-0.2, -0.15) is 0 Å². The average molecular weight is 215 g/mol. The van der Waals surface area contributed by atoms with Gasteiger partial charge in [-0.25, -0.2) is 0 Å². The van der Waals surface area contributed by atoms with Crippen molar-refractivity contribution in [2.75, 3.05) is 0 Å². The Labute approximate surface area is 76.0 Å². The van der Waals surface area contributed by atoms with Crippen LogP contribution in [0.1, 0.15) is 0 Å². The summed E-state index contributed by atoms with van der Waals surface area (Å²) in [6.45, 7) is 0. The molecule has 0 bridgehead atoms. The van der Waals surface area contributed by atoms with Crippen LogP contribution < -0.4 is 15.1 Å². The van der Waals surface area contributed by atoms with Crippen LogP contribution in [0.3, 0.4) is 0 Å². The van der Waals surface area contributed by atoms with Gasteiger partial charge in [0.2, 0.25) is 0 Å². The molecule has 33 valence electrons. The van der Waals surface area contributed by atoms with Crippen molar-refractivity contribution in [3.05, 3.63) is 0 Å². The summed E-state index contributed by atoms with van der Waals surface area (Å²) in [6, 6.07) is 0. The van der Waals surface area contributed by atoms with Gasteiger partial charge < -0.3 is 15.1 Å². The number of hydrogen-bond acceptors (Lipinski definition) is 3. The first-order chi connectivity index (χ1) is 1.73. The molecule has 7 heteroatoms. The van der Waals surface area contributed by atoms with E-state index in [0.717, 1.165) is 0 Å². The molecule has 0 aliphatic rings. The molecule has 0 heterocycles. The first-order valence-electron chi connectivity index (χ1n) is 0.707. The molecule has 0 aromatic heterocycles. The molecule has 0 aromatic rings. The molecular weight excluding hydrogens is 215 g/mol. The molecule has 0 rings (SSSR count). The van der Waals surface area contributed by atoms with Crippen LogP contribution in [0.2, 0.25) is 0 Å². The third-order valence-corrected chi connectivity index (χ3v) is 0. The van der Waals surface area contributed by atoms with Crippen molar-refractivity contribution in [1.82, 2.24) is 0 Å². The molecule has 0 atom stereocenters. The zero-order chi connectivity index (χ0) is 3.58. The van der Waals surface area contributed by atoms with Crippen molar-refractivity contribution in [3.8, 4) is 0 Å². The van der Waals surface area contributed by atoms with Crippen molar-refractivity contribution in [1.29, 1.82) is 0 Å². The van der Waals surface area contributed by atoms with Crippen molar-refractivity contribution in [3.63, 3.8) is 0 Å². The SMILES string of the molecule is [Al+3].[Cu+2].[O-]B([O-])[O-].[Zn+2]. The van der Waals surface area contributed by atoms with Crippen LogP contribution in [-0.4, -0.2) is 24.7 Å². The Morgan fingerprint density at radius 2 is 1.00 bits per heavy atom. The minimum Gasteiger partial charge on any atom is -0.907 e. The minimum absolute atomic E-state index is 0. The van der Waals surface area contributed by atoms with Gasteiger partial charge in [-0.05, 0) is 0 Å². The molecule has 7 heavy (non-hydrogen) atoms. The molecule has 0 aromatic carbocycles. The molecule has 0 fully saturated rings. The quantitative estimate of drug-likeness (QED) is 0.383. The molecule has 3 nitrogen and oxygen atoms in total.